The predicted molar refractivity (Wildman–Crippen MR) is 82.3 cm³/mol. The minimum absolute atomic E-state index is 0.0411. The molecule has 1 rings (SSSR count). The van der Waals surface area contributed by atoms with Crippen LogP contribution in [0.15, 0.2) is 0 Å². The van der Waals surface area contributed by atoms with Crippen LogP contribution in [0.4, 0.5) is 0 Å². The average molecular weight is 284 g/mol. The smallest absolute Gasteiger partial charge is 0.223 e. The average Bonchev–Trinajstić information content (AvgIpc) is 2.35. The van der Waals surface area contributed by atoms with Gasteiger partial charge in [-0.3, -0.25) is 4.79 Å². The van der Waals surface area contributed by atoms with E-state index in [9.17, 15) is 4.79 Å². The van der Waals surface area contributed by atoms with Crippen LogP contribution in [0, 0.1) is 23.2 Å². The highest BCUT2D eigenvalue weighted by Crippen LogP contribution is 2.44. The number of nitrogens with two attached hydrogens (primary N) is 1. The van der Waals surface area contributed by atoms with Gasteiger partial charge in [0.25, 0.3) is 0 Å². The number of hydrogen-bond donors (Lipinski definition) is 2. The Bertz CT molecular complexity index is 316. The van der Waals surface area contributed by atoms with Crippen molar-refractivity contribution >= 4 is 5.91 Å². The lowest BCUT2D eigenvalue weighted by Crippen LogP contribution is -2.51. The number of ether oxygens (including phenoxy) is 1. The summed E-state index contributed by atoms with van der Waals surface area (Å²) >= 11 is 0. The van der Waals surface area contributed by atoms with Crippen molar-refractivity contribution in [1.82, 2.24) is 5.32 Å². The number of amides is 1. The van der Waals surface area contributed by atoms with Crippen molar-refractivity contribution < 1.29 is 9.53 Å². The van der Waals surface area contributed by atoms with Crippen molar-refractivity contribution in [3.63, 3.8) is 0 Å². The third-order valence-corrected chi connectivity index (χ3v) is 4.82. The third-order valence-electron chi connectivity index (χ3n) is 4.82. The molecule has 1 fully saturated rings. The lowest BCUT2D eigenvalue weighted by molar-refractivity contribution is -0.132. The summed E-state index contributed by atoms with van der Waals surface area (Å²) in [6, 6.07) is 0.212. The summed E-state index contributed by atoms with van der Waals surface area (Å²) in [6.45, 7) is 12.7. The first-order valence-electron chi connectivity index (χ1n) is 7.87. The maximum Gasteiger partial charge on any atom is 0.223 e. The fourth-order valence-corrected chi connectivity index (χ4v) is 3.01. The second-order valence-electron chi connectivity index (χ2n) is 7.16. The highest BCUT2D eigenvalue weighted by Gasteiger charge is 2.44. The third kappa shape index (κ3) is 4.45. The molecule has 3 N–H and O–H groups in total. The highest BCUT2D eigenvalue weighted by molar-refractivity contribution is 5.79. The topological polar surface area (TPSA) is 64.3 Å². The van der Waals surface area contributed by atoms with Crippen LogP contribution in [-0.4, -0.2) is 31.7 Å². The maximum absolute atomic E-state index is 12.4. The van der Waals surface area contributed by atoms with Gasteiger partial charge in [-0.15, -0.1) is 0 Å². The zero-order chi connectivity index (χ0) is 15.3. The predicted octanol–water partition coefficient (Wildman–Crippen LogP) is 2.17. The first-order chi connectivity index (χ1) is 9.26. The molecule has 1 saturated carbocycles. The van der Waals surface area contributed by atoms with Gasteiger partial charge < -0.3 is 15.8 Å². The van der Waals surface area contributed by atoms with Gasteiger partial charge in [0.05, 0.1) is 6.61 Å². The van der Waals surface area contributed by atoms with E-state index in [1.54, 1.807) is 0 Å². The number of carbonyl (C=O) groups is 1. The van der Waals surface area contributed by atoms with E-state index in [1.165, 1.54) is 0 Å². The monoisotopic (exact) mass is 284 g/mol. The summed E-state index contributed by atoms with van der Waals surface area (Å²) in [4.78, 5) is 12.4. The molecule has 0 aromatic carbocycles. The molecule has 0 spiro atoms. The quantitative estimate of drug-likeness (QED) is 0.735. The Morgan fingerprint density at radius 2 is 2.05 bits per heavy atom. The van der Waals surface area contributed by atoms with Crippen LogP contribution >= 0.6 is 0 Å². The second-order valence-corrected chi connectivity index (χ2v) is 7.16. The van der Waals surface area contributed by atoms with Crippen LogP contribution in [0.2, 0.25) is 0 Å². The number of hydrogen-bond acceptors (Lipinski definition) is 3. The van der Waals surface area contributed by atoms with Gasteiger partial charge in [-0.05, 0) is 30.1 Å². The largest absolute Gasteiger partial charge is 0.379 e. The normalized spacial score (nSPS) is 29.4. The fourth-order valence-electron chi connectivity index (χ4n) is 3.01. The fraction of sp³-hybridized carbons (Fsp3) is 0.938. The van der Waals surface area contributed by atoms with E-state index in [0.717, 1.165) is 19.4 Å². The van der Waals surface area contributed by atoms with Crippen molar-refractivity contribution in [2.45, 2.75) is 53.5 Å². The van der Waals surface area contributed by atoms with Gasteiger partial charge in [-0.1, -0.05) is 34.6 Å². The molecule has 0 saturated heterocycles. The van der Waals surface area contributed by atoms with Gasteiger partial charge in [0.2, 0.25) is 5.91 Å². The van der Waals surface area contributed by atoms with Gasteiger partial charge >= 0.3 is 0 Å². The summed E-state index contributed by atoms with van der Waals surface area (Å²) in [5.74, 6) is 1.11. The van der Waals surface area contributed by atoms with E-state index in [4.69, 9.17) is 10.5 Å². The molecule has 4 nitrogen and oxygen atoms in total. The maximum atomic E-state index is 12.4. The standard InChI is InChI=1S/C16H32N2O2/c1-11(2)10-20-9-8-18-15(19)13-6-7-14(17)12(3)16(13,4)5/h11-14H,6-10,17H2,1-5H3,(H,18,19). The van der Waals surface area contributed by atoms with E-state index in [0.29, 0.717) is 25.0 Å². The molecule has 0 aromatic heterocycles. The molecule has 4 heteroatoms. The molecule has 0 radical (unpaired) electrons. The van der Waals surface area contributed by atoms with Crippen molar-refractivity contribution in [2.75, 3.05) is 19.8 Å². The molecule has 118 valence electrons. The molecular formula is C16H32N2O2. The Balaban J connectivity index is 2.39. The summed E-state index contributed by atoms with van der Waals surface area (Å²) < 4.78 is 5.49. The Morgan fingerprint density at radius 3 is 2.65 bits per heavy atom. The molecule has 0 bridgehead atoms. The number of nitrogens with one attached hydrogen (secondary N) is 1. The number of rotatable bonds is 6. The molecule has 0 heterocycles. The van der Waals surface area contributed by atoms with E-state index in [2.05, 4.69) is 39.9 Å². The van der Waals surface area contributed by atoms with E-state index in [1.807, 2.05) is 0 Å². The zero-order valence-electron chi connectivity index (χ0n) is 13.7. The molecule has 3 unspecified atom stereocenters. The minimum Gasteiger partial charge on any atom is -0.379 e. The molecule has 3 atom stereocenters. The van der Waals surface area contributed by atoms with Gasteiger partial charge in [-0.2, -0.15) is 0 Å². The lowest BCUT2D eigenvalue weighted by Gasteiger charge is -2.46. The van der Waals surface area contributed by atoms with E-state index in [-0.39, 0.29) is 23.3 Å². The summed E-state index contributed by atoms with van der Waals surface area (Å²) in [7, 11) is 0. The van der Waals surface area contributed by atoms with Crippen LogP contribution in [0.5, 0.6) is 0 Å². The van der Waals surface area contributed by atoms with Crippen LogP contribution < -0.4 is 11.1 Å². The first-order valence-corrected chi connectivity index (χ1v) is 7.87. The van der Waals surface area contributed by atoms with Crippen LogP contribution in [0.25, 0.3) is 0 Å². The minimum atomic E-state index is -0.0411. The van der Waals surface area contributed by atoms with E-state index < -0.39 is 0 Å². The summed E-state index contributed by atoms with van der Waals surface area (Å²) in [5, 5.41) is 3.01. The molecule has 1 aliphatic rings. The molecule has 1 aliphatic carbocycles. The van der Waals surface area contributed by atoms with Gasteiger partial charge in [0.15, 0.2) is 0 Å². The molecular weight excluding hydrogens is 252 g/mol. The van der Waals surface area contributed by atoms with E-state index >= 15 is 0 Å². The van der Waals surface area contributed by atoms with Crippen molar-refractivity contribution in [2.24, 2.45) is 28.9 Å². The van der Waals surface area contributed by atoms with Gasteiger partial charge in [-0.25, -0.2) is 0 Å². The Morgan fingerprint density at radius 1 is 1.40 bits per heavy atom. The van der Waals surface area contributed by atoms with Crippen molar-refractivity contribution in [1.29, 1.82) is 0 Å². The van der Waals surface area contributed by atoms with Crippen LogP contribution in [0.1, 0.15) is 47.5 Å². The lowest BCUT2D eigenvalue weighted by atomic mass is 9.61. The van der Waals surface area contributed by atoms with Crippen molar-refractivity contribution in [3.8, 4) is 0 Å². The van der Waals surface area contributed by atoms with Crippen molar-refractivity contribution in [3.05, 3.63) is 0 Å². The Labute approximate surface area is 123 Å². The highest BCUT2D eigenvalue weighted by atomic mass is 16.5. The summed E-state index contributed by atoms with van der Waals surface area (Å²) in [6.07, 6.45) is 1.82. The second kappa shape index (κ2) is 7.41. The molecule has 20 heavy (non-hydrogen) atoms. The van der Waals surface area contributed by atoms with Crippen LogP contribution in [0.3, 0.4) is 0 Å². The zero-order valence-corrected chi connectivity index (χ0v) is 13.7. The molecule has 1 amide bonds. The summed E-state index contributed by atoms with van der Waals surface area (Å²) in [5.41, 5.74) is 6.09. The Hall–Kier alpha value is -0.610. The molecule has 0 aromatic rings. The first kappa shape index (κ1) is 17.4. The van der Waals surface area contributed by atoms with Gasteiger partial charge in [0, 0.05) is 25.1 Å². The number of carbonyl (C=O) groups excluding carboxylic acids is 1. The Kier molecular flexibility index (Phi) is 6.46. The van der Waals surface area contributed by atoms with Gasteiger partial charge in [0.1, 0.15) is 0 Å². The SMILES string of the molecule is CC(C)COCCNC(=O)C1CCC(N)C(C)C1(C)C. The molecule has 0 aliphatic heterocycles. The van der Waals surface area contributed by atoms with Crippen LogP contribution in [-0.2, 0) is 9.53 Å².